The molecule has 2 N–H and O–H groups in total. The molecule has 29 heavy (non-hydrogen) atoms. The van der Waals surface area contributed by atoms with E-state index in [4.69, 9.17) is 4.74 Å². The highest BCUT2D eigenvalue weighted by Gasteiger charge is 2.43. The van der Waals surface area contributed by atoms with Gasteiger partial charge in [0.1, 0.15) is 5.82 Å². The number of likely N-dealkylation sites (tertiary alicyclic amines) is 1. The second-order valence-corrected chi connectivity index (χ2v) is 7.87. The van der Waals surface area contributed by atoms with Crippen molar-refractivity contribution in [3.05, 3.63) is 35.6 Å². The van der Waals surface area contributed by atoms with Gasteiger partial charge in [0.2, 0.25) is 11.8 Å². The Labute approximate surface area is 178 Å². The van der Waals surface area contributed by atoms with Crippen LogP contribution in [0.1, 0.15) is 31.2 Å². The number of rotatable bonds is 6. The molecule has 2 saturated heterocycles. The van der Waals surface area contributed by atoms with Crippen molar-refractivity contribution < 1.29 is 18.7 Å². The first-order chi connectivity index (χ1) is 13.5. The van der Waals surface area contributed by atoms with Crippen molar-refractivity contribution >= 4 is 24.2 Å². The number of amides is 2. The molecule has 162 valence electrons. The molecular formula is C21H31ClFN3O3. The molecule has 0 aliphatic carbocycles. The number of ether oxygens (including phenoxy) is 1. The number of carbonyl (C=O) groups is 2. The van der Waals surface area contributed by atoms with Crippen LogP contribution in [0.25, 0.3) is 0 Å². The van der Waals surface area contributed by atoms with E-state index in [1.165, 1.54) is 12.1 Å². The highest BCUT2D eigenvalue weighted by Crippen LogP contribution is 2.33. The van der Waals surface area contributed by atoms with Crippen molar-refractivity contribution in [1.29, 1.82) is 0 Å². The first-order valence-corrected chi connectivity index (χ1v) is 10.1. The molecule has 2 amide bonds. The van der Waals surface area contributed by atoms with Crippen LogP contribution < -0.4 is 10.6 Å². The van der Waals surface area contributed by atoms with Crippen molar-refractivity contribution in [3.8, 4) is 0 Å². The van der Waals surface area contributed by atoms with E-state index in [0.717, 1.165) is 31.5 Å². The Kier molecular flexibility index (Phi) is 8.86. The standard InChI is InChI=1S/C21H30FN3O3.ClH/c1-28-15-21(8-10-23-11-9-21)20(27)25-12-6-17(7-13-25)19(26)24-14-16-2-4-18(22)5-3-16;/h2-5,17,23H,6-15H2,1H3,(H,24,26);1H. The summed E-state index contributed by atoms with van der Waals surface area (Å²) >= 11 is 0. The number of hydrogen-bond acceptors (Lipinski definition) is 4. The number of methoxy groups -OCH3 is 1. The quantitative estimate of drug-likeness (QED) is 0.729. The van der Waals surface area contributed by atoms with Gasteiger partial charge < -0.3 is 20.3 Å². The van der Waals surface area contributed by atoms with Gasteiger partial charge in [0.25, 0.3) is 0 Å². The number of piperidine rings is 2. The van der Waals surface area contributed by atoms with Crippen LogP contribution in [0.4, 0.5) is 4.39 Å². The Bertz CT molecular complexity index is 667. The highest BCUT2D eigenvalue weighted by atomic mass is 35.5. The number of hydrogen-bond donors (Lipinski definition) is 2. The first kappa shape index (κ1) is 23.6. The summed E-state index contributed by atoms with van der Waals surface area (Å²) in [6.45, 7) is 3.71. The smallest absolute Gasteiger partial charge is 0.231 e. The maximum Gasteiger partial charge on any atom is 0.231 e. The predicted molar refractivity (Wildman–Crippen MR) is 111 cm³/mol. The molecule has 2 heterocycles. The van der Waals surface area contributed by atoms with Gasteiger partial charge in [0, 0.05) is 32.7 Å². The normalized spacial score (nSPS) is 19.3. The molecule has 2 aliphatic heterocycles. The zero-order valence-electron chi connectivity index (χ0n) is 16.9. The molecule has 0 spiro atoms. The molecular weight excluding hydrogens is 397 g/mol. The third-order valence-electron chi connectivity index (χ3n) is 5.97. The Hall–Kier alpha value is -1.70. The maximum absolute atomic E-state index is 13.2. The van der Waals surface area contributed by atoms with Crippen molar-refractivity contribution in [1.82, 2.24) is 15.5 Å². The van der Waals surface area contributed by atoms with Gasteiger partial charge in [-0.3, -0.25) is 9.59 Å². The molecule has 0 bridgehead atoms. The molecule has 0 aromatic heterocycles. The van der Waals surface area contributed by atoms with E-state index in [2.05, 4.69) is 10.6 Å². The lowest BCUT2D eigenvalue weighted by atomic mass is 9.77. The van der Waals surface area contributed by atoms with Crippen LogP contribution in [-0.2, 0) is 20.9 Å². The third-order valence-corrected chi connectivity index (χ3v) is 5.97. The van der Waals surface area contributed by atoms with Gasteiger partial charge in [-0.15, -0.1) is 12.4 Å². The molecule has 0 atom stereocenters. The third kappa shape index (κ3) is 5.90. The number of benzene rings is 1. The summed E-state index contributed by atoms with van der Waals surface area (Å²) in [7, 11) is 1.65. The fourth-order valence-corrected chi connectivity index (χ4v) is 4.22. The molecule has 0 unspecified atom stereocenters. The summed E-state index contributed by atoms with van der Waals surface area (Å²) in [4.78, 5) is 27.5. The van der Waals surface area contributed by atoms with Gasteiger partial charge in [-0.1, -0.05) is 12.1 Å². The van der Waals surface area contributed by atoms with Gasteiger partial charge in [-0.05, 0) is 56.5 Å². The summed E-state index contributed by atoms with van der Waals surface area (Å²) in [5, 5.41) is 6.24. The average molecular weight is 428 g/mol. The summed E-state index contributed by atoms with van der Waals surface area (Å²) in [6, 6.07) is 6.13. The number of nitrogens with zero attached hydrogens (tertiary/aromatic N) is 1. The van der Waals surface area contributed by atoms with Crippen molar-refractivity contribution in [2.75, 3.05) is 39.9 Å². The van der Waals surface area contributed by atoms with Crippen LogP contribution in [0.3, 0.4) is 0 Å². The van der Waals surface area contributed by atoms with E-state index in [9.17, 15) is 14.0 Å². The summed E-state index contributed by atoms with van der Waals surface area (Å²) < 4.78 is 18.3. The fourth-order valence-electron chi connectivity index (χ4n) is 4.22. The Morgan fingerprint density at radius 1 is 1.21 bits per heavy atom. The van der Waals surface area contributed by atoms with E-state index >= 15 is 0 Å². The molecule has 2 aliphatic rings. The van der Waals surface area contributed by atoms with E-state index in [1.54, 1.807) is 19.2 Å². The summed E-state index contributed by atoms with van der Waals surface area (Å²) in [6.07, 6.45) is 2.92. The predicted octanol–water partition coefficient (Wildman–Crippen LogP) is 2.12. The minimum absolute atomic E-state index is 0. The SMILES string of the molecule is COCC1(C(=O)N2CCC(C(=O)NCc3ccc(F)cc3)CC2)CCNCC1.Cl. The van der Waals surface area contributed by atoms with E-state index in [-0.39, 0.29) is 36.0 Å². The summed E-state index contributed by atoms with van der Waals surface area (Å²) in [5.41, 5.74) is 0.437. The molecule has 0 radical (unpaired) electrons. The largest absolute Gasteiger partial charge is 0.384 e. The van der Waals surface area contributed by atoms with Crippen LogP contribution in [0.15, 0.2) is 24.3 Å². The van der Waals surface area contributed by atoms with Crippen LogP contribution in [-0.4, -0.2) is 56.6 Å². The van der Waals surface area contributed by atoms with Crippen molar-refractivity contribution in [2.24, 2.45) is 11.3 Å². The average Bonchev–Trinajstić information content (AvgIpc) is 2.73. The van der Waals surface area contributed by atoms with E-state index in [0.29, 0.717) is 39.1 Å². The zero-order valence-corrected chi connectivity index (χ0v) is 17.7. The van der Waals surface area contributed by atoms with Crippen LogP contribution in [0.2, 0.25) is 0 Å². The molecule has 6 nitrogen and oxygen atoms in total. The Balaban J connectivity index is 0.00000300. The lowest BCUT2D eigenvalue weighted by Gasteiger charge is -2.41. The van der Waals surface area contributed by atoms with Gasteiger partial charge in [0.05, 0.1) is 12.0 Å². The lowest BCUT2D eigenvalue weighted by Crippen LogP contribution is -2.54. The van der Waals surface area contributed by atoms with E-state index in [1.807, 2.05) is 4.90 Å². The Morgan fingerprint density at radius 3 is 2.41 bits per heavy atom. The lowest BCUT2D eigenvalue weighted by molar-refractivity contribution is -0.150. The van der Waals surface area contributed by atoms with Gasteiger partial charge in [-0.25, -0.2) is 4.39 Å². The van der Waals surface area contributed by atoms with E-state index < -0.39 is 5.41 Å². The first-order valence-electron chi connectivity index (χ1n) is 10.1. The number of carbonyl (C=O) groups excluding carboxylic acids is 2. The molecule has 1 aromatic rings. The van der Waals surface area contributed by atoms with Crippen molar-refractivity contribution in [2.45, 2.75) is 32.2 Å². The maximum atomic E-state index is 13.2. The highest BCUT2D eigenvalue weighted by molar-refractivity contribution is 5.85. The van der Waals surface area contributed by atoms with Gasteiger partial charge in [-0.2, -0.15) is 0 Å². The molecule has 2 fully saturated rings. The topological polar surface area (TPSA) is 70.7 Å². The van der Waals surface area contributed by atoms with Crippen molar-refractivity contribution in [3.63, 3.8) is 0 Å². The minimum atomic E-state index is -0.433. The van der Waals surface area contributed by atoms with Gasteiger partial charge in [0.15, 0.2) is 0 Å². The van der Waals surface area contributed by atoms with Crippen LogP contribution in [0.5, 0.6) is 0 Å². The number of nitrogens with one attached hydrogen (secondary N) is 2. The molecule has 8 heteroatoms. The van der Waals surface area contributed by atoms with Crippen LogP contribution >= 0.6 is 12.4 Å². The number of halogens is 2. The molecule has 1 aromatic carbocycles. The fraction of sp³-hybridized carbons (Fsp3) is 0.619. The zero-order chi connectivity index (χ0) is 20.0. The molecule has 0 saturated carbocycles. The summed E-state index contributed by atoms with van der Waals surface area (Å²) in [5.74, 6) is -0.200. The van der Waals surface area contributed by atoms with Crippen LogP contribution in [0, 0.1) is 17.2 Å². The van der Waals surface area contributed by atoms with Gasteiger partial charge >= 0.3 is 0 Å². The molecule has 3 rings (SSSR count). The Morgan fingerprint density at radius 2 is 1.83 bits per heavy atom. The monoisotopic (exact) mass is 427 g/mol. The second-order valence-electron chi connectivity index (χ2n) is 7.87. The minimum Gasteiger partial charge on any atom is -0.384 e. The second kappa shape index (κ2) is 10.9.